The zero-order valence-electron chi connectivity index (χ0n) is 12.8. The third kappa shape index (κ3) is 4.12. The normalized spacial score (nSPS) is 9.88. The number of aromatic nitrogens is 2. The van der Waals surface area contributed by atoms with Gasteiger partial charge in [0.05, 0.1) is 23.6 Å². The Balaban J connectivity index is 0.00000144. The average molecular weight is 399 g/mol. The summed E-state index contributed by atoms with van der Waals surface area (Å²) in [5, 5.41) is 16.2. The van der Waals surface area contributed by atoms with Crippen molar-refractivity contribution in [2.45, 2.75) is 6.54 Å². The van der Waals surface area contributed by atoms with Crippen molar-refractivity contribution in [2.75, 3.05) is 0 Å². The molecule has 24 heavy (non-hydrogen) atoms. The molecular weight excluding hydrogens is 387 g/mol. The smallest absolute Gasteiger partial charge is 0.548 e. The summed E-state index contributed by atoms with van der Waals surface area (Å²) in [6, 6.07) is 14.4. The maximum Gasteiger partial charge on any atom is 1.00 e. The zero-order chi connectivity index (χ0) is 15.7. The van der Waals surface area contributed by atoms with E-state index in [0.717, 1.165) is 14.7 Å². The first-order chi connectivity index (χ1) is 10.6. The van der Waals surface area contributed by atoms with Gasteiger partial charge in [0, 0.05) is 15.4 Å². The number of carboxylic acid groups (broad SMARTS) is 1. The van der Waals surface area contributed by atoms with Crippen molar-refractivity contribution in [3.63, 3.8) is 0 Å². The van der Waals surface area contributed by atoms with Gasteiger partial charge >= 0.3 is 29.6 Å². The van der Waals surface area contributed by atoms with Gasteiger partial charge in [-0.3, -0.25) is 4.79 Å². The Bertz CT molecular complexity index is 926. The first kappa shape index (κ1) is 20.5. The van der Waals surface area contributed by atoms with Crippen molar-refractivity contribution >= 4 is 32.7 Å². The fraction of sp³-hybridized carbons (Fsp3) is 0.0625. The molecule has 0 aliphatic rings. The number of hydrogen-bond acceptors (Lipinski definition) is 4. The Morgan fingerprint density at radius 2 is 1.67 bits per heavy atom. The van der Waals surface area contributed by atoms with E-state index < -0.39 is 18.1 Å². The molecular formula is C16H12BrN2NaO4. The van der Waals surface area contributed by atoms with Gasteiger partial charge in [-0.2, -0.15) is 5.10 Å². The number of carbonyl (C=O) groups is 1. The van der Waals surface area contributed by atoms with E-state index in [1.807, 2.05) is 30.3 Å². The van der Waals surface area contributed by atoms with Crippen molar-refractivity contribution in [1.29, 1.82) is 0 Å². The molecule has 2 N–H and O–H groups in total. The van der Waals surface area contributed by atoms with E-state index in [4.69, 9.17) is 0 Å². The minimum absolute atomic E-state index is 0. The number of nitrogens with zero attached hydrogens (tertiary/aromatic N) is 2. The van der Waals surface area contributed by atoms with E-state index in [-0.39, 0.29) is 35.0 Å². The van der Waals surface area contributed by atoms with Crippen molar-refractivity contribution in [3.05, 3.63) is 63.4 Å². The number of rotatable bonds is 3. The molecule has 2 aromatic carbocycles. The van der Waals surface area contributed by atoms with E-state index in [1.54, 1.807) is 18.2 Å². The van der Waals surface area contributed by atoms with Gasteiger partial charge in [0.2, 0.25) is 0 Å². The zero-order valence-corrected chi connectivity index (χ0v) is 16.4. The maximum absolute atomic E-state index is 12.3. The van der Waals surface area contributed by atoms with E-state index in [0.29, 0.717) is 16.5 Å². The van der Waals surface area contributed by atoms with Gasteiger partial charge in [-0.05, 0) is 18.2 Å². The van der Waals surface area contributed by atoms with Crippen LogP contribution in [0, 0.1) is 0 Å². The van der Waals surface area contributed by atoms with Crippen LogP contribution in [0.1, 0.15) is 0 Å². The predicted octanol–water partition coefficient (Wildman–Crippen LogP) is -2.24. The molecule has 0 spiro atoms. The summed E-state index contributed by atoms with van der Waals surface area (Å²) in [5.41, 5.74) is 0.913. The standard InChI is InChI=1S/C16H11BrN2O3.Na.H2O/c17-11-7-5-10(6-8-11)15-12-3-1-2-4-13(12)16(22)19(18-15)9-14(20)21;;/h1-8H,9H2,(H,20,21);;1H2/q;+1;/p-1. The molecule has 0 radical (unpaired) electrons. The molecule has 0 aliphatic carbocycles. The first-order valence-corrected chi connectivity index (χ1v) is 7.31. The van der Waals surface area contributed by atoms with Gasteiger partial charge in [-0.1, -0.05) is 46.3 Å². The monoisotopic (exact) mass is 398 g/mol. The molecule has 1 aromatic heterocycles. The van der Waals surface area contributed by atoms with Crippen molar-refractivity contribution in [1.82, 2.24) is 9.78 Å². The summed E-state index contributed by atoms with van der Waals surface area (Å²) >= 11 is 3.36. The molecule has 0 amide bonds. The van der Waals surface area contributed by atoms with Crippen LogP contribution in [0.15, 0.2) is 57.8 Å². The summed E-state index contributed by atoms with van der Waals surface area (Å²) in [6.07, 6.45) is 0. The molecule has 118 valence electrons. The molecule has 0 bridgehead atoms. The Hall–Kier alpha value is -1.51. The molecule has 0 saturated heterocycles. The van der Waals surface area contributed by atoms with Gasteiger partial charge in [0.25, 0.3) is 5.56 Å². The third-order valence-electron chi connectivity index (χ3n) is 3.26. The topological polar surface area (TPSA) is 107 Å². The summed E-state index contributed by atoms with van der Waals surface area (Å²) in [4.78, 5) is 23.1. The van der Waals surface area contributed by atoms with Crippen LogP contribution in [0.3, 0.4) is 0 Å². The second-order valence-electron chi connectivity index (χ2n) is 4.74. The predicted molar refractivity (Wildman–Crippen MR) is 87.8 cm³/mol. The van der Waals surface area contributed by atoms with E-state index in [9.17, 15) is 14.7 Å². The van der Waals surface area contributed by atoms with Crippen LogP contribution in [-0.4, -0.2) is 21.2 Å². The van der Waals surface area contributed by atoms with Crippen LogP contribution in [0.5, 0.6) is 0 Å². The van der Waals surface area contributed by atoms with Crippen LogP contribution >= 0.6 is 15.9 Å². The van der Waals surface area contributed by atoms with Crippen LogP contribution < -0.4 is 40.2 Å². The number of carbonyl (C=O) groups excluding carboxylic acids is 1. The molecule has 6 nitrogen and oxygen atoms in total. The molecule has 1 heterocycles. The summed E-state index contributed by atoms with van der Waals surface area (Å²) in [7, 11) is 0. The fourth-order valence-corrected chi connectivity index (χ4v) is 2.55. The molecule has 0 atom stereocenters. The molecule has 0 unspecified atom stereocenters. The second-order valence-corrected chi connectivity index (χ2v) is 5.65. The SMILES string of the molecule is O.O=C([O-])Cn1nc(-c2ccc(Br)cc2)c2ccccc2c1=O.[Na+]. The average Bonchev–Trinajstić information content (AvgIpc) is 2.51. The number of fused-ring (bicyclic) bond motifs is 1. The number of hydrogen-bond donors (Lipinski definition) is 0. The third-order valence-corrected chi connectivity index (χ3v) is 3.79. The Labute approximate surface area is 167 Å². The van der Waals surface area contributed by atoms with E-state index in [1.165, 1.54) is 0 Å². The van der Waals surface area contributed by atoms with Crippen molar-refractivity contribution in [3.8, 4) is 11.3 Å². The minimum Gasteiger partial charge on any atom is -0.548 e. The molecule has 0 fully saturated rings. The number of aliphatic carboxylic acids is 1. The van der Waals surface area contributed by atoms with E-state index in [2.05, 4.69) is 21.0 Å². The maximum atomic E-state index is 12.3. The van der Waals surface area contributed by atoms with Gasteiger partial charge in [0.15, 0.2) is 0 Å². The van der Waals surface area contributed by atoms with Crippen molar-refractivity contribution < 1.29 is 44.9 Å². The molecule has 0 aliphatic heterocycles. The number of carboxylic acids is 1. The Morgan fingerprint density at radius 3 is 2.25 bits per heavy atom. The van der Waals surface area contributed by atoms with Gasteiger partial charge in [0.1, 0.15) is 0 Å². The van der Waals surface area contributed by atoms with Crippen LogP contribution in [0.2, 0.25) is 0 Å². The summed E-state index contributed by atoms with van der Waals surface area (Å²) in [6.45, 7) is -0.576. The largest absolute Gasteiger partial charge is 1.00 e. The molecule has 8 heteroatoms. The molecule has 0 saturated carbocycles. The van der Waals surface area contributed by atoms with Crippen LogP contribution in [0.4, 0.5) is 0 Å². The molecule has 3 rings (SSSR count). The minimum atomic E-state index is -1.35. The second kappa shape index (κ2) is 8.55. The van der Waals surface area contributed by atoms with E-state index >= 15 is 0 Å². The van der Waals surface area contributed by atoms with Gasteiger partial charge < -0.3 is 15.4 Å². The Morgan fingerprint density at radius 1 is 1.08 bits per heavy atom. The van der Waals surface area contributed by atoms with Gasteiger partial charge in [-0.15, -0.1) is 0 Å². The fourth-order valence-electron chi connectivity index (χ4n) is 2.29. The first-order valence-electron chi connectivity index (χ1n) is 6.52. The van der Waals surface area contributed by atoms with Gasteiger partial charge in [-0.25, -0.2) is 4.68 Å². The number of benzene rings is 2. The van der Waals surface area contributed by atoms with Crippen molar-refractivity contribution in [2.24, 2.45) is 0 Å². The Kier molecular flexibility index (Phi) is 7.31. The molecule has 3 aromatic rings. The number of halogens is 1. The quantitative estimate of drug-likeness (QED) is 0.464. The van der Waals surface area contributed by atoms with Crippen LogP contribution in [0.25, 0.3) is 22.0 Å². The summed E-state index contributed by atoms with van der Waals surface area (Å²) < 4.78 is 1.85. The summed E-state index contributed by atoms with van der Waals surface area (Å²) in [5.74, 6) is -1.35. The van der Waals surface area contributed by atoms with Crippen LogP contribution in [-0.2, 0) is 11.3 Å².